The molecule has 1 rings (SSSR count). The lowest BCUT2D eigenvalue weighted by Gasteiger charge is -2.46. The molecule has 18 heavy (non-hydrogen) atoms. The number of ether oxygens (including phenoxy) is 1. The molecule has 0 saturated carbocycles. The fraction of sp³-hybridized carbons (Fsp3) is 1.00. The van der Waals surface area contributed by atoms with Gasteiger partial charge in [0.15, 0.2) is 0 Å². The average Bonchev–Trinajstić information content (AvgIpc) is 2.39. The van der Waals surface area contributed by atoms with Gasteiger partial charge in [0.2, 0.25) is 0 Å². The minimum atomic E-state index is 0.230. The molecule has 3 heteroatoms. The van der Waals surface area contributed by atoms with E-state index in [9.17, 15) is 0 Å². The van der Waals surface area contributed by atoms with E-state index in [2.05, 4.69) is 37.9 Å². The fourth-order valence-corrected chi connectivity index (χ4v) is 2.91. The van der Waals surface area contributed by atoms with Gasteiger partial charge in [-0.05, 0) is 26.8 Å². The molecule has 1 saturated heterocycles. The Morgan fingerprint density at radius 2 is 1.83 bits per heavy atom. The predicted octanol–water partition coefficient (Wildman–Crippen LogP) is 2.66. The van der Waals surface area contributed by atoms with Crippen LogP contribution in [0.1, 0.15) is 53.4 Å². The quantitative estimate of drug-likeness (QED) is 0.676. The normalized spacial score (nSPS) is 20.0. The minimum Gasteiger partial charge on any atom is -0.379 e. The molecule has 1 fully saturated rings. The van der Waals surface area contributed by atoms with Crippen molar-refractivity contribution in [2.24, 2.45) is 0 Å². The van der Waals surface area contributed by atoms with Gasteiger partial charge in [0.25, 0.3) is 0 Å². The highest BCUT2D eigenvalue weighted by Gasteiger charge is 2.35. The van der Waals surface area contributed by atoms with Gasteiger partial charge in [-0.15, -0.1) is 0 Å². The van der Waals surface area contributed by atoms with E-state index < -0.39 is 0 Å². The highest BCUT2D eigenvalue weighted by atomic mass is 16.5. The highest BCUT2D eigenvalue weighted by molar-refractivity contribution is 4.94. The maximum atomic E-state index is 5.47. The van der Waals surface area contributed by atoms with E-state index in [1.165, 1.54) is 25.7 Å². The largest absolute Gasteiger partial charge is 0.379 e. The van der Waals surface area contributed by atoms with Gasteiger partial charge >= 0.3 is 0 Å². The van der Waals surface area contributed by atoms with Crippen molar-refractivity contribution in [1.29, 1.82) is 0 Å². The predicted molar refractivity (Wildman–Crippen MR) is 78.1 cm³/mol. The maximum Gasteiger partial charge on any atom is 0.0594 e. The van der Waals surface area contributed by atoms with Crippen molar-refractivity contribution in [2.75, 3.05) is 32.8 Å². The first-order valence-electron chi connectivity index (χ1n) is 7.69. The molecule has 0 bridgehead atoms. The number of likely N-dealkylation sites (N-methyl/N-ethyl adjacent to an activating group) is 1. The zero-order valence-electron chi connectivity index (χ0n) is 12.8. The van der Waals surface area contributed by atoms with Gasteiger partial charge in [0, 0.05) is 24.7 Å². The van der Waals surface area contributed by atoms with Crippen LogP contribution in [-0.2, 0) is 4.74 Å². The van der Waals surface area contributed by atoms with Crippen LogP contribution < -0.4 is 5.32 Å². The second-order valence-electron chi connectivity index (χ2n) is 5.86. The summed E-state index contributed by atoms with van der Waals surface area (Å²) in [6.45, 7) is 14.2. The summed E-state index contributed by atoms with van der Waals surface area (Å²) in [4.78, 5) is 2.59. The number of rotatable bonds is 8. The van der Waals surface area contributed by atoms with Gasteiger partial charge in [-0.2, -0.15) is 0 Å². The maximum absolute atomic E-state index is 5.47. The lowest BCUT2D eigenvalue weighted by molar-refractivity contribution is -0.0244. The Kier molecular flexibility index (Phi) is 7.20. The van der Waals surface area contributed by atoms with Gasteiger partial charge in [-0.25, -0.2) is 0 Å². The average molecular weight is 256 g/mol. The van der Waals surface area contributed by atoms with Crippen LogP contribution >= 0.6 is 0 Å². The van der Waals surface area contributed by atoms with Crippen molar-refractivity contribution in [3.8, 4) is 0 Å². The Labute approximate surface area is 113 Å². The Bertz CT molecular complexity index is 213. The molecule has 1 N–H and O–H groups in total. The molecule has 1 heterocycles. The van der Waals surface area contributed by atoms with Crippen LogP contribution in [-0.4, -0.2) is 49.3 Å². The smallest absolute Gasteiger partial charge is 0.0594 e. The third-order valence-electron chi connectivity index (χ3n) is 4.23. The van der Waals surface area contributed by atoms with Gasteiger partial charge in [0.1, 0.15) is 0 Å². The summed E-state index contributed by atoms with van der Waals surface area (Å²) >= 11 is 0. The van der Waals surface area contributed by atoms with Crippen LogP contribution in [0.25, 0.3) is 0 Å². The lowest BCUT2D eigenvalue weighted by atomic mass is 9.87. The van der Waals surface area contributed by atoms with E-state index >= 15 is 0 Å². The topological polar surface area (TPSA) is 24.5 Å². The molecular weight excluding hydrogens is 224 g/mol. The highest BCUT2D eigenvalue weighted by Crippen LogP contribution is 2.24. The monoisotopic (exact) mass is 256 g/mol. The first-order valence-corrected chi connectivity index (χ1v) is 7.69. The molecule has 0 spiro atoms. The van der Waals surface area contributed by atoms with Crippen molar-refractivity contribution in [1.82, 2.24) is 10.2 Å². The van der Waals surface area contributed by atoms with Crippen molar-refractivity contribution in [3.63, 3.8) is 0 Å². The molecule has 1 aliphatic rings. The molecule has 1 aliphatic heterocycles. The molecule has 0 aromatic carbocycles. The summed E-state index contributed by atoms with van der Waals surface area (Å²) in [6.07, 6.45) is 5.27. The second kappa shape index (κ2) is 8.13. The SMILES string of the molecule is CCCCCC(NCC)C(C)(C)N1CCOCC1. The molecule has 0 aromatic rings. The van der Waals surface area contributed by atoms with Gasteiger partial charge < -0.3 is 10.1 Å². The summed E-state index contributed by atoms with van der Waals surface area (Å²) in [5.74, 6) is 0. The Balaban J connectivity index is 2.55. The molecule has 108 valence electrons. The van der Waals surface area contributed by atoms with Crippen LogP contribution in [0.3, 0.4) is 0 Å². The number of unbranched alkanes of at least 4 members (excludes halogenated alkanes) is 2. The van der Waals surface area contributed by atoms with Gasteiger partial charge in [-0.3, -0.25) is 4.90 Å². The van der Waals surface area contributed by atoms with E-state index in [-0.39, 0.29) is 5.54 Å². The molecular formula is C15H32N2O. The summed E-state index contributed by atoms with van der Waals surface area (Å²) in [5, 5.41) is 3.70. The van der Waals surface area contributed by atoms with Crippen molar-refractivity contribution in [2.45, 2.75) is 65.0 Å². The number of hydrogen-bond donors (Lipinski definition) is 1. The van der Waals surface area contributed by atoms with E-state index in [0.29, 0.717) is 6.04 Å². The van der Waals surface area contributed by atoms with Crippen LogP contribution in [0.2, 0.25) is 0 Å². The van der Waals surface area contributed by atoms with E-state index in [4.69, 9.17) is 4.74 Å². The number of morpholine rings is 1. The summed E-state index contributed by atoms with van der Waals surface area (Å²) < 4.78 is 5.47. The number of hydrogen-bond acceptors (Lipinski definition) is 3. The zero-order chi connectivity index (χ0) is 13.4. The van der Waals surface area contributed by atoms with Gasteiger partial charge in [-0.1, -0.05) is 33.1 Å². The third kappa shape index (κ3) is 4.52. The third-order valence-corrected chi connectivity index (χ3v) is 4.23. The molecule has 3 nitrogen and oxygen atoms in total. The molecule has 0 amide bonds. The molecule has 0 radical (unpaired) electrons. The molecule has 0 aliphatic carbocycles. The Morgan fingerprint density at radius 3 is 2.39 bits per heavy atom. The van der Waals surface area contributed by atoms with Crippen LogP contribution in [0.15, 0.2) is 0 Å². The Hall–Kier alpha value is -0.120. The first kappa shape index (κ1) is 15.9. The minimum absolute atomic E-state index is 0.230. The molecule has 1 atom stereocenters. The fourth-order valence-electron chi connectivity index (χ4n) is 2.91. The summed E-state index contributed by atoms with van der Waals surface area (Å²) in [7, 11) is 0. The Morgan fingerprint density at radius 1 is 1.17 bits per heavy atom. The van der Waals surface area contributed by atoms with Gasteiger partial charge in [0.05, 0.1) is 13.2 Å². The summed E-state index contributed by atoms with van der Waals surface area (Å²) in [6, 6.07) is 0.590. The van der Waals surface area contributed by atoms with Crippen molar-refractivity contribution < 1.29 is 4.74 Å². The lowest BCUT2D eigenvalue weighted by Crippen LogP contribution is -2.60. The summed E-state index contributed by atoms with van der Waals surface area (Å²) in [5.41, 5.74) is 0.230. The van der Waals surface area contributed by atoms with Crippen molar-refractivity contribution >= 4 is 0 Å². The standard InChI is InChI=1S/C15H32N2O/c1-5-7-8-9-14(16-6-2)15(3,4)17-10-12-18-13-11-17/h14,16H,5-13H2,1-4H3. The van der Waals surface area contributed by atoms with Crippen LogP contribution in [0.5, 0.6) is 0 Å². The zero-order valence-corrected chi connectivity index (χ0v) is 12.8. The van der Waals surface area contributed by atoms with Crippen molar-refractivity contribution in [3.05, 3.63) is 0 Å². The second-order valence-corrected chi connectivity index (χ2v) is 5.86. The van der Waals surface area contributed by atoms with Crippen LogP contribution in [0.4, 0.5) is 0 Å². The van der Waals surface area contributed by atoms with E-state index in [1.807, 2.05) is 0 Å². The number of nitrogens with zero attached hydrogens (tertiary/aromatic N) is 1. The van der Waals surface area contributed by atoms with E-state index in [1.54, 1.807) is 0 Å². The number of nitrogens with one attached hydrogen (secondary N) is 1. The van der Waals surface area contributed by atoms with E-state index in [0.717, 1.165) is 32.8 Å². The van der Waals surface area contributed by atoms with Crippen LogP contribution in [0, 0.1) is 0 Å². The molecule has 0 aromatic heterocycles. The molecule has 1 unspecified atom stereocenters. The first-order chi connectivity index (χ1) is 8.62.